The third-order valence-electron chi connectivity index (χ3n) is 3.12. The van der Waals surface area contributed by atoms with E-state index in [-0.39, 0.29) is 24.2 Å². The SMILES string of the molecule is COC(=O)CC(C)CC(=O)NCC1CCCOC1. The molecule has 1 N–H and O–H groups in total. The van der Waals surface area contributed by atoms with E-state index in [1.807, 2.05) is 6.92 Å². The van der Waals surface area contributed by atoms with Crippen molar-refractivity contribution in [3.05, 3.63) is 0 Å². The molecule has 18 heavy (non-hydrogen) atoms. The van der Waals surface area contributed by atoms with Crippen molar-refractivity contribution in [2.75, 3.05) is 26.9 Å². The maximum Gasteiger partial charge on any atom is 0.305 e. The number of hydrogen-bond donors (Lipinski definition) is 1. The van der Waals surface area contributed by atoms with E-state index in [4.69, 9.17) is 4.74 Å². The fraction of sp³-hybridized carbons (Fsp3) is 0.846. The Bertz CT molecular complexity index is 274. The predicted molar refractivity (Wildman–Crippen MR) is 67.0 cm³/mol. The molecule has 2 unspecified atom stereocenters. The molecule has 2 atom stereocenters. The molecule has 1 amide bonds. The maximum absolute atomic E-state index is 11.7. The Morgan fingerprint density at radius 3 is 2.83 bits per heavy atom. The van der Waals surface area contributed by atoms with Gasteiger partial charge in [-0.3, -0.25) is 9.59 Å². The van der Waals surface area contributed by atoms with Crippen LogP contribution in [0, 0.1) is 11.8 Å². The molecule has 1 aliphatic heterocycles. The summed E-state index contributed by atoms with van der Waals surface area (Å²) >= 11 is 0. The molecule has 1 fully saturated rings. The second kappa shape index (κ2) is 8.08. The Morgan fingerprint density at radius 1 is 1.44 bits per heavy atom. The van der Waals surface area contributed by atoms with Gasteiger partial charge in [-0.05, 0) is 24.7 Å². The first-order valence-electron chi connectivity index (χ1n) is 6.53. The number of amides is 1. The lowest BCUT2D eigenvalue weighted by Gasteiger charge is -2.22. The summed E-state index contributed by atoms with van der Waals surface area (Å²) in [5.41, 5.74) is 0. The Morgan fingerprint density at radius 2 is 2.22 bits per heavy atom. The predicted octanol–water partition coefficient (Wildman–Crippen LogP) is 1.12. The Balaban J connectivity index is 2.14. The zero-order valence-electron chi connectivity index (χ0n) is 11.2. The summed E-state index contributed by atoms with van der Waals surface area (Å²) in [6.45, 7) is 4.11. The molecule has 1 heterocycles. The van der Waals surface area contributed by atoms with Crippen LogP contribution in [0.2, 0.25) is 0 Å². The van der Waals surface area contributed by atoms with Crippen molar-refractivity contribution in [2.24, 2.45) is 11.8 Å². The van der Waals surface area contributed by atoms with Crippen molar-refractivity contribution in [1.82, 2.24) is 5.32 Å². The van der Waals surface area contributed by atoms with Gasteiger partial charge in [-0.2, -0.15) is 0 Å². The van der Waals surface area contributed by atoms with Gasteiger partial charge >= 0.3 is 5.97 Å². The highest BCUT2D eigenvalue weighted by atomic mass is 16.5. The smallest absolute Gasteiger partial charge is 0.305 e. The molecule has 0 spiro atoms. The van der Waals surface area contributed by atoms with Gasteiger partial charge in [0.15, 0.2) is 0 Å². The molecular weight excluding hydrogens is 234 g/mol. The van der Waals surface area contributed by atoms with Crippen molar-refractivity contribution in [3.8, 4) is 0 Å². The van der Waals surface area contributed by atoms with Gasteiger partial charge < -0.3 is 14.8 Å². The Labute approximate surface area is 108 Å². The van der Waals surface area contributed by atoms with Crippen molar-refractivity contribution < 1.29 is 19.1 Å². The molecule has 1 rings (SSSR count). The second-order valence-electron chi connectivity index (χ2n) is 4.98. The van der Waals surface area contributed by atoms with E-state index in [9.17, 15) is 9.59 Å². The third kappa shape index (κ3) is 6.00. The topological polar surface area (TPSA) is 64.6 Å². The van der Waals surface area contributed by atoms with Crippen molar-refractivity contribution in [3.63, 3.8) is 0 Å². The van der Waals surface area contributed by atoms with Crippen LogP contribution in [0.25, 0.3) is 0 Å². The minimum atomic E-state index is -0.268. The van der Waals surface area contributed by atoms with Gasteiger partial charge in [0.25, 0.3) is 0 Å². The number of hydrogen-bond acceptors (Lipinski definition) is 4. The van der Waals surface area contributed by atoms with E-state index in [1.54, 1.807) is 0 Å². The monoisotopic (exact) mass is 257 g/mol. The van der Waals surface area contributed by atoms with Gasteiger partial charge in [0, 0.05) is 26.0 Å². The summed E-state index contributed by atoms with van der Waals surface area (Å²) in [4.78, 5) is 22.7. The van der Waals surface area contributed by atoms with Crippen LogP contribution in [-0.2, 0) is 19.1 Å². The summed E-state index contributed by atoms with van der Waals surface area (Å²) in [6.07, 6.45) is 2.83. The van der Waals surface area contributed by atoms with Gasteiger partial charge in [-0.25, -0.2) is 0 Å². The zero-order valence-corrected chi connectivity index (χ0v) is 11.2. The van der Waals surface area contributed by atoms with Crippen molar-refractivity contribution in [2.45, 2.75) is 32.6 Å². The number of rotatable bonds is 6. The molecule has 5 heteroatoms. The summed E-state index contributed by atoms with van der Waals surface area (Å²) in [5, 5.41) is 2.90. The molecule has 1 aliphatic rings. The largest absolute Gasteiger partial charge is 0.469 e. The lowest BCUT2D eigenvalue weighted by Crippen LogP contribution is -2.34. The van der Waals surface area contributed by atoms with Crippen LogP contribution in [0.1, 0.15) is 32.6 Å². The zero-order chi connectivity index (χ0) is 13.4. The minimum absolute atomic E-state index is 0.00280. The van der Waals surface area contributed by atoms with Gasteiger partial charge in [-0.15, -0.1) is 0 Å². The lowest BCUT2D eigenvalue weighted by atomic mass is 10.0. The highest BCUT2D eigenvalue weighted by Crippen LogP contribution is 2.13. The number of ether oxygens (including phenoxy) is 2. The van der Waals surface area contributed by atoms with Crippen LogP contribution in [-0.4, -0.2) is 38.7 Å². The number of carbonyl (C=O) groups is 2. The van der Waals surface area contributed by atoms with E-state index in [0.717, 1.165) is 26.1 Å². The van der Waals surface area contributed by atoms with Crippen LogP contribution in [0.15, 0.2) is 0 Å². The molecule has 0 aliphatic carbocycles. The first kappa shape index (κ1) is 15.0. The van der Waals surface area contributed by atoms with E-state index < -0.39 is 0 Å². The first-order valence-corrected chi connectivity index (χ1v) is 6.53. The van der Waals surface area contributed by atoms with E-state index in [0.29, 0.717) is 18.9 Å². The fourth-order valence-electron chi connectivity index (χ4n) is 2.06. The van der Waals surface area contributed by atoms with Gasteiger partial charge in [-0.1, -0.05) is 6.92 Å². The van der Waals surface area contributed by atoms with Gasteiger partial charge in [0.1, 0.15) is 0 Å². The number of carbonyl (C=O) groups excluding carboxylic acids is 2. The lowest BCUT2D eigenvalue weighted by molar-refractivity contribution is -0.141. The average molecular weight is 257 g/mol. The quantitative estimate of drug-likeness (QED) is 0.724. The number of methoxy groups -OCH3 is 1. The van der Waals surface area contributed by atoms with E-state index in [1.165, 1.54) is 7.11 Å². The normalized spacial score (nSPS) is 21.1. The van der Waals surface area contributed by atoms with Crippen LogP contribution in [0.5, 0.6) is 0 Å². The standard InChI is InChI=1S/C13H23NO4/c1-10(7-13(16)17-2)6-12(15)14-8-11-4-3-5-18-9-11/h10-11H,3-9H2,1-2H3,(H,14,15). The molecule has 0 saturated carbocycles. The van der Waals surface area contributed by atoms with Gasteiger partial charge in [0.05, 0.1) is 13.7 Å². The molecule has 0 aromatic rings. The fourth-order valence-corrected chi connectivity index (χ4v) is 2.06. The number of esters is 1. The molecule has 0 bridgehead atoms. The van der Waals surface area contributed by atoms with Crippen LogP contribution in [0.4, 0.5) is 0 Å². The molecule has 0 aromatic carbocycles. The molecule has 0 radical (unpaired) electrons. The summed E-state index contributed by atoms with van der Waals surface area (Å²) in [5.74, 6) is 0.173. The van der Waals surface area contributed by atoms with Gasteiger partial charge in [0.2, 0.25) is 5.91 Å². The number of nitrogens with one attached hydrogen (secondary N) is 1. The minimum Gasteiger partial charge on any atom is -0.469 e. The Hall–Kier alpha value is -1.10. The molecular formula is C13H23NO4. The van der Waals surface area contributed by atoms with Crippen molar-refractivity contribution >= 4 is 11.9 Å². The molecule has 1 saturated heterocycles. The maximum atomic E-state index is 11.7. The summed E-state index contributed by atoms with van der Waals surface area (Å²) < 4.78 is 9.92. The summed E-state index contributed by atoms with van der Waals surface area (Å²) in [6, 6.07) is 0. The molecule has 5 nitrogen and oxygen atoms in total. The second-order valence-corrected chi connectivity index (χ2v) is 4.98. The highest BCUT2D eigenvalue weighted by molar-refractivity contribution is 5.77. The van der Waals surface area contributed by atoms with Crippen LogP contribution < -0.4 is 5.32 Å². The summed E-state index contributed by atoms with van der Waals surface area (Å²) in [7, 11) is 1.36. The third-order valence-corrected chi connectivity index (χ3v) is 3.12. The van der Waals surface area contributed by atoms with Crippen molar-refractivity contribution in [1.29, 1.82) is 0 Å². The van der Waals surface area contributed by atoms with E-state index >= 15 is 0 Å². The Kier molecular flexibility index (Phi) is 6.72. The van der Waals surface area contributed by atoms with Crippen LogP contribution >= 0.6 is 0 Å². The molecule has 0 aromatic heterocycles. The van der Waals surface area contributed by atoms with E-state index in [2.05, 4.69) is 10.1 Å². The first-order chi connectivity index (χ1) is 8.61. The highest BCUT2D eigenvalue weighted by Gasteiger charge is 2.17. The molecule has 104 valence electrons. The van der Waals surface area contributed by atoms with Crippen LogP contribution in [0.3, 0.4) is 0 Å². The average Bonchev–Trinajstić information content (AvgIpc) is 2.37.